The third kappa shape index (κ3) is 4.06. The van der Waals surface area contributed by atoms with Crippen LogP contribution in [0.15, 0.2) is 60.7 Å². The van der Waals surface area contributed by atoms with Crippen LogP contribution in [0.4, 0.5) is 0 Å². The van der Waals surface area contributed by atoms with Crippen LogP contribution in [0.1, 0.15) is 26.3 Å². The average Bonchev–Trinajstić information content (AvgIpc) is 3.00. The van der Waals surface area contributed by atoms with Crippen molar-refractivity contribution in [1.82, 2.24) is 4.90 Å². The van der Waals surface area contributed by atoms with Crippen LogP contribution in [0.2, 0.25) is 0 Å². The van der Waals surface area contributed by atoms with Gasteiger partial charge in [-0.3, -0.25) is 9.59 Å². The maximum atomic E-state index is 13.1. The van der Waals surface area contributed by atoms with Gasteiger partial charge in [-0.15, -0.1) is 11.8 Å². The normalized spacial score (nSPS) is 24.7. The summed E-state index contributed by atoms with van der Waals surface area (Å²) in [5.74, 6) is -0.987. The predicted octanol–water partition coefficient (Wildman–Crippen LogP) is 3.44. The largest absolute Gasteiger partial charge is 0.482 e. The summed E-state index contributed by atoms with van der Waals surface area (Å²) < 4.78 is 10.9. The monoisotopic (exact) mass is 439 g/mol. The molecule has 1 amide bonds. The maximum absolute atomic E-state index is 13.1. The molecule has 0 radical (unpaired) electrons. The number of hydrogen-bond acceptors (Lipinski definition) is 6. The smallest absolute Gasteiger partial charge is 0.330 e. The van der Waals surface area contributed by atoms with Crippen LogP contribution in [0.3, 0.4) is 0 Å². The number of β-lactam (4-membered cyclic amide) rings is 1. The standard InChI is InChI=1S/C24H25NO5S/c1-15(26)19(30-17-12-8-5-9-13-17)18-21(27)25-20(24(2,3)31-22(18)25)23(28)29-14-16-10-6-4-7-11-16/h4-13,18-20,22H,14H2,1-3H3/t18-,19?,20+,22-/m1/s1. The molecule has 2 fully saturated rings. The first-order valence-corrected chi connectivity index (χ1v) is 11.1. The number of carbonyl (C=O) groups excluding carboxylic acids is 3. The molecule has 0 aromatic heterocycles. The lowest BCUT2D eigenvalue weighted by molar-refractivity contribution is -0.172. The summed E-state index contributed by atoms with van der Waals surface area (Å²) in [7, 11) is 0. The molecule has 2 aromatic carbocycles. The second-order valence-electron chi connectivity index (χ2n) is 8.34. The van der Waals surface area contributed by atoms with Crippen LogP contribution in [0, 0.1) is 5.92 Å². The fourth-order valence-electron chi connectivity index (χ4n) is 4.16. The van der Waals surface area contributed by atoms with Gasteiger partial charge in [-0.25, -0.2) is 4.79 Å². The Hall–Kier alpha value is -2.80. The number of rotatable bonds is 7. The van der Waals surface area contributed by atoms with E-state index >= 15 is 0 Å². The van der Waals surface area contributed by atoms with E-state index in [1.807, 2.05) is 62.4 Å². The zero-order valence-electron chi connectivity index (χ0n) is 17.7. The van der Waals surface area contributed by atoms with Gasteiger partial charge in [0.05, 0.1) is 5.37 Å². The minimum absolute atomic E-state index is 0.153. The van der Waals surface area contributed by atoms with Gasteiger partial charge < -0.3 is 14.4 Å². The summed E-state index contributed by atoms with van der Waals surface area (Å²) >= 11 is 1.52. The van der Waals surface area contributed by atoms with Crippen molar-refractivity contribution in [3.05, 3.63) is 66.2 Å². The highest BCUT2D eigenvalue weighted by molar-refractivity contribution is 8.01. The molecule has 2 aliphatic rings. The molecule has 0 saturated carbocycles. The molecule has 4 atom stereocenters. The van der Waals surface area contributed by atoms with E-state index in [9.17, 15) is 14.4 Å². The lowest BCUT2D eigenvalue weighted by Gasteiger charge is -2.46. The van der Waals surface area contributed by atoms with E-state index < -0.39 is 28.8 Å². The summed E-state index contributed by atoms with van der Waals surface area (Å²) in [6.45, 7) is 5.44. The van der Waals surface area contributed by atoms with E-state index in [1.54, 1.807) is 17.0 Å². The summed E-state index contributed by atoms with van der Waals surface area (Å²) in [5.41, 5.74) is 0.886. The fraction of sp³-hybridized carbons (Fsp3) is 0.375. The minimum atomic E-state index is -0.890. The van der Waals surface area contributed by atoms with E-state index in [4.69, 9.17) is 9.47 Å². The summed E-state index contributed by atoms with van der Waals surface area (Å²) in [5, 5.41) is -0.311. The number of benzene rings is 2. The number of carbonyl (C=O) groups is 3. The number of ether oxygens (including phenoxy) is 2. The molecule has 4 rings (SSSR count). The number of hydrogen-bond donors (Lipinski definition) is 0. The third-order valence-corrected chi connectivity index (χ3v) is 7.26. The van der Waals surface area contributed by atoms with Crippen LogP contribution in [0.5, 0.6) is 5.75 Å². The second kappa shape index (κ2) is 8.38. The van der Waals surface area contributed by atoms with Crippen molar-refractivity contribution in [2.24, 2.45) is 5.92 Å². The molecule has 162 valence electrons. The van der Waals surface area contributed by atoms with Crippen molar-refractivity contribution in [3.63, 3.8) is 0 Å². The summed E-state index contributed by atoms with van der Waals surface area (Å²) in [6, 6.07) is 17.7. The van der Waals surface area contributed by atoms with E-state index in [1.165, 1.54) is 18.7 Å². The number of ketones is 1. The molecule has 0 spiro atoms. The fourth-order valence-corrected chi connectivity index (χ4v) is 5.87. The number of nitrogens with zero attached hydrogens (tertiary/aromatic N) is 1. The van der Waals surface area contributed by atoms with Gasteiger partial charge in [0.1, 0.15) is 24.3 Å². The number of fused-ring (bicyclic) bond motifs is 1. The van der Waals surface area contributed by atoms with Gasteiger partial charge >= 0.3 is 5.97 Å². The molecule has 2 saturated heterocycles. The molecular formula is C24H25NO5S. The molecule has 0 bridgehead atoms. The first kappa shape index (κ1) is 21.4. The van der Waals surface area contributed by atoms with Gasteiger partial charge in [0, 0.05) is 4.75 Å². The number of esters is 1. The molecule has 2 aliphatic heterocycles. The Bertz CT molecular complexity index is 978. The Labute approximate surface area is 185 Å². The third-order valence-electron chi connectivity index (χ3n) is 5.66. The molecule has 1 unspecified atom stereocenters. The quantitative estimate of drug-likeness (QED) is 0.486. The highest BCUT2D eigenvalue weighted by Gasteiger charge is 2.66. The molecule has 6 nitrogen and oxygen atoms in total. The Morgan fingerprint density at radius 3 is 2.29 bits per heavy atom. The Morgan fingerprint density at radius 1 is 1.06 bits per heavy atom. The second-order valence-corrected chi connectivity index (χ2v) is 10.1. The average molecular weight is 440 g/mol. The van der Waals surface area contributed by atoms with Crippen molar-refractivity contribution >= 4 is 29.4 Å². The van der Waals surface area contributed by atoms with Crippen molar-refractivity contribution in [1.29, 1.82) is 0 Å². The molecule has 31 heavy (non-hydrogen) atoms. The minimum Gasteiger partial charge on any atom is -0.482 e. The van der Waals surface area contributed by atoms with Crippen molar-refractivity contribution < 1.29 is 23.9 Å². The maximum Gasteiger partial charge on any atom is 0.330 e. The van der Waals surface area contributed by atoms with Crippen molar-refractivity contribution in [3.8, 4) is 5.75 Å². The highest BCUT2D eigenvalue weighted by atomic mass is 32.2. The Kier molecular flexibility index (Phi) is 5.79. The zero-order valence-corrected chi connectivity index (χ0v) is 18.5. The molecule has 0 N–H and O–H groups in total. The Balaban J connectivity index is 1.49. The number of para-hydroxylation sites is 1. The van der Waals surface area contributed by atoms with Gasteiger partial charge in [0.25, 0.3) is 0 Å². The van der Waals surface area contributed by atoms with Crippen LogP contribution < -0.4 is 4.74 Å². The van der Waals surface area contributed by atoms with Crippen LogP contribution in [-0.2, 0) is 25.7 Å². The van der Waals surface area contributed by atoms with Gasteiger partial charge in [-0.05, 0) is 38.5 Å². The predicted molar refractivity (Wildman–Crippen MR) is 117 cm³/mol. The van der Waals surface area contributed by atoms with Crippen molar-refractivity contribution in [2.45, 2.75) is 49.6 Å². The SMILES string of the molecule is CC(=O)C(Oc1ccccc1)[C@@H]1C(=O)N2[C@@H]1SC(C)(C)[C@@H]2C(=O)OCc1ccccc1. The topological polar surface area (TPSA) is 72.9 Å². The molecule has 2 aromatic rings. The van der Waals surface area contributed by atoms with Crippen molar-refractivity contribution in [2.75, 3.05) is 0 Å². The van der Waals surface area contributed by atoms with E-state index in [0.29, 0.717) is 5.75 Å². The van der Waals surface area contributed by atoms with Crippen LogP contribution >= 0.6 is 11.8 Å². The molecule has 2 heterocycles. The van der Waals surface area contributed by atoms with E-state index in [2.05, 4.69) is 0 Å². The molecular weight excluding hydrogens is 414 g/mol. The van der Waals surface area contributed by atoms with Gasteiger partial charge in [0.15, 0.2) is 11.9 Å². The summed E-state index contributed by atoms with van der Waals surface area (Å²) in [4.78, 5) is 40.0. The molecule has 7 heteroatoms. The lowest BCUT2D eigenvalue weighted by atomic mass is 9.86. The molecule has 0 aliphatic carbocycles. The first-order valence-electron chi connectivity index (χ1n) is 10.2. The highest BCUT2D eigenvalue weighted by Crippen LogP contribution is 2.54. The van der Waals surface area contributed by atoms with Gasteiger partial charge in [0.2, 0.25) is 5.91 Å². The van der Waals surface area contributed by atoms with E-state index in [-0.39, 0.29) is 23.7 Å². The summed E-state index contributed by atoms with van der Waals surface area (Å²) in [6.07, 6.45) is -0.890. The zero-order chi connectivity index (χ0) is 22.2. The Morgan fingerprint density at radius 2 is 1.68 bits per heavy atom. The van der Waals surface area contributed by atoms with Crippen LogP contribution in [-0.4, -0.2) is 44.8 Å². The number of thioether (sulfide) groups is 1. The van der Waals surface area contributed by atoms with Crippen LogP contribution in [0.25, 0.3) is 0 Å². The van der Waals surface area contributed by atoms with E-state index in [0.717, 1.165) is 5.56 Å². The van der Waals surface area contributed by atoms with Gasteiger partial charge in [-0.1, -0.05) is 48.5 Å². The number of Topliss-reactive ketones (excluding diaryl/α,β-unsaturated/α-hetero) is 1. The van der Waals surface area contributed by atoms with Gasteiger partial charge in [-0.2, -0.15) is 0 Å². The number of amides is 1. The first-order chi connectivity index (χ1) is 14.8. The lowest BCUT2D eigenvalue weighted by Crippen LogP contribution is -2.67.